The predicted molar refractivity (Wildman–Crippen MR) is 124 cm³/mol. The molecule has 0 aliphatic heterocycles. The van der Waals surface area contributed by atoms with Crippen LogP contribution in [0.25, 0.3) is 0 Å². The van der Waals surface area contributed by atoms with Crippen LogP contribution >= 0.6 is 11.3 Å². The van der Waals surface area contributed by atoms with Gasteiger partial charge in [-0.15, -0.1) is 11.3 Å². The summed E-state index contributed by atoms with van der Waals surface area (Å²) >= 11 is 1.34. The van der Waals surface area contributed by atoms with Crippen molar-refractivity contribution in [1.82, 2.24) is 4.57 Å². The molecule has 164 valence electrons. The van der Waals surface area contributed by atoms with Crippen LogP contribution in [-0.2, 0) is 28.2 Å². The van der Waals surface area contributed by atoms with E-state index in [1.54, 1.807) is 30.3 Å². The topological polar surface area (TPSA) is 55.3 Å². The van der Waals surface area contributed by atoms with Crippen LogP contribution in [0.1, 0.15) is 28.2 Å². The molecule has 0 fully saturated rings. The fourth-order valence-electron chi connectivity index (χ4n) is 3.75. The summed E-state index contributed by atoms with van der Waals surface area (Å²) in [7, 11) is 0. The molecule has 4 rings (SSSR count). The molecule has 0 spiro atoms. The van der Waals surface area contributed by atoms with Crippen molar-refractivity contribution < 1.29 is 19.2 Å². The summed E-state index contributed by atoms with van der Waals surface area (Å²) in [6.45, 7) is 3.86. The molecule has 0 aliphatic carbocycles. The van der Waals surface area contributed by atoms with Gasteiger partial charge in [0.15, 0.2) is 0 Å². The van der Waals surface area contributed by atoms with Gasteiger partial charge in [-0.25, -0.2) is 13.9 Å². The van der Waals surface area contributed by atoms with Crippen molar-refractivity contribution in [3.8, 4) is 0 Å². The molecular formula is C26H27N2O3S+. The lowest BCUT2D eigenvalue weighted by atomic mass is 9.92. The van der Waals surface area contributed by atoms with Gasteiger partial charge in [-0.1, -0.05) is 66.7 Å². The second-order valence-corrected chi connectivity index (χ2v) is 8.64. The fraction of sp³-hybridized carbons (Fsp3) is 0.231. The zero-order valence-corrected chi connectivity index (χ0v) is 18.9. The minimum absolute atomic E-state index is 0.232. The molecule has 2 aromatic carbocycles. The molecular weight excluding hydrogens is 420 g/mol. The van der Waals surface area contributed by atoms with E-state index in [2.05, 4.69) is 34.4 Å². The van der Waals surface area contributed by atoms with Gasteiger partial charge >= 0.3 is 5.97 Å². The van der Waals surface area contributed by atoms with Crippen LogP contribution in [0.2, 0.25) is 0 Å². The number of hydrogen-bond donors (Lipinski definition) is 1. The van der Waals surface area contributed by atoms with E-state index in [1.165, 1.54) is 16.9 Å². The van der Waals surface area contributed by atoms with E-state index in [1.807, 2.05) is 41.9 Å². The highest BCUT2D eigenvalue weighted by Gasteiger charge is 2.42. The average molecular weight is 448 g/mol. The Bertz CT molecular complexity index is 1140. The lowest BCUT2D eigenvalue weighted by Crippen LogP contribution is -2.38. The zero-order valence-electron chi connectivity index (χ0n) is 18.1. The number of benzene rings is 2. The van der Waals surface area contributed by atoms with Gasteiger partial charge < -0.3 is 9.84 Å². The SMILES string of the molecule is Cc1n(CCCOC(=O)C(O)(c2ccccc2)c2cccs2)cc[n+]1Cc1ccccc1. The maximum Gasteiger partial charge on any atom is 0.348 e. The Hall–Kier alpha value is -3.22. The number of rotatable bonds is 9. The van der Waals surface area contributed by atoms with E-state index in [4.69, 9.17) is 4.74 Å². The number of ether oxygens (including phenoxy) is 1. The molecule has 5 nitrogen and oxygen atoms in total. The molecule has 6 heteroatoms. The van der Waals surface area contributed by atoms with Crippen LogP contribution in [0, 0.1) is 6.92 Å². The van der Waals surface area contributed by atoms with E-state index in [0.717, 1.165) is 18.9 Å². The quantitative estimate of drug-likeness (QED) is 0.239. The molecule has 0 saturated heterocycles. The molecule has 0 bridgehead atoms. The standard InChI is InChI=1S/C26H27N2O3S/c1-21-27(16-17-28(21)20-22-10-4-2-5-11-22)15-9-18-31-25(29)26(30,24-14-8-19-32-24)23-12-6-3-7-13-23/h2-8,10-14,16-17,19,30H,9,15,18,20H2,1H3/q+1. The van der Waals surface area contributed by atoms with Gasteiger partial charge in [0.05, 0.1) is 18.0 Å². The smallest absolute Gasteiger partial charge is 0.348 e. The molecule has 0 amide bonds. The number of thiophene rings is 1. The number of nitrogens with zero attached hydrogens (tertiary/aromatic N) is 2. The highest BCUT2D eigenvalue weighted by Crippen LogP contribution is 2.34. The molecule has 32 heavy (non-hydrogen) atoms. The Balaban J connectivity index is 1.37. The number of esters is 1. The number of carbonyl (C=O) groups is 1. The summed E-state index contributed by atoms with van der Waals surface area (Å²) in [4.78, 5) is 13.5. The monoisotopic (exact) mass is 447 g/mol. The number of carbonyl (C=O) groups excluding carboxylic acids is 1. The van der Waals surface area contributed by atoms with Gasteiger partial charge in [-0.2, -0.15) is 0 Å². The summed E-state index contributed by atoms with van der Waals surface area (Å²) in [6, 6.07) is 22.9. The Morgan fingerprint density at radius 1 is 1.06 bits per heavy atom. The number of imidazole rings is 1. The third kappa shape index (κ3) is 4.66. The first kappa shape index (κ1) is 22.0. The Morgan fingerprint density at radius 2 is 1.78 bits per heavy atom. The molecule has 1 unspecified atom stereocenters. The van der Waals surface area contributed by atoms with Crippen molar-refractivity contribution in [1.29, 1.82) is 0 Å². The van der Waals surface area contributed by atoms with Gasteiger partial charge in [-0.05, 0) is 17.0 Å². The van der Waals surface area contributed by atoms with Crippen molar-refractivity contribution in [2.45, 2.75) is 32.0 Å². The summed E-state index contributed by atoms with van der Waals surface area (Å²) in [5.74, 6) is 0.495. The first-order valence-electron chi connectivity index (χ1n) is 10.7. The van der Waals surface area contributed by atoms with E-state index in [9.17, 15) is 9.90 Å². The summed E-state index contributed by atoms with van der Waals surface area (Å²) < 4.78 is 9.90. The summed E-state index contributed by atoms with van der Waals surface area (Å²) in [6.07, 6.45) is 4.77. The van der Waals surface area contributed by atoms with E-state index >= 15 is 0 Å². The fourth-order valence-corrected chi connectivity index (χ4v) is 4.59. The number of hydrogen-bond acceptors (Lipinski definition) is 4. The molecule has 1 atom stereocenters. The van der Waals surface area contributed by atoms with E-state index in [-0.39, 0.29) is 6.61 Å². The van der Waals surface area contributed by atoms with Gasteiger partial charge in [0.25, 0.3) is 5.82 Å². The normalized spacial score (nSPS) is 12.9. The number of aryl methyl sites for hydroxylation is 1. The van der Waals surface area contributed by atoms with Crippen LogP contribution in [0.3, 0.4) is 0 Å². The maximum absolute atomic E-state index is 13.0. The van der Waals surface area contributed by atoms with Crippen molar-refractivity contribution >= 4 is 17.3 Å². The van der Waals surface area contributed by atoms with Gasteiger partial charge in [0.2, 0.25) is 5.60 Å². The van der Waals surface area contributed by atoms with Crippen molar-refractivity contribution in [3.63, 3.8) is 0 Å². The molecule has 0 aliphatic rings. The second-order valence-electron chi connectivity index (χ2n) is 7.70. The third-order valence-corrected chi connectivity index (χ3v) is 6.57. The lowest BCUT2D eigenvalue weighted by Gasteiger charge is -2.25. The Labute approximate surface area is 192 Å². The maximum atomic E-state index is 13.0. The Morgan fingerprint density at radius 3 is 2.47 bits per heavy atom. The summed E-state index contributed by atoms with van der Waals surface area (Å²) in [5, 5.41) is 13.2. The van der Waals surface area contributed by atoms with Gasteiger partial charge in [0.1, 0.15) is 18.9 Å². The third-order valence-electron chi connectivity index (χ3n) is 5.59. The van der Waals surface area contributed by atoms with Gasteiger partial charge in [-0.3, -0.25) is 0 Å². The first-order valence-corrected chi connectivity index (χ1v) is 11.5. The number of aromatic nitrogens is 2. The Kier molecular flexibility index (Phi) is 6.83. The summed E-state index contributed by atoms with van der Waals surface area (Å²) in [5.41, 5.74) is -0.0333. The van der Waals surface area contributed by atoms with Crippen molar-refractivity contribution in [2.24, 2.45) is 0 Å². The van der Waals surface area contributed by atoms with E-state index in [0.29, 0.717) is 16.9 Å². The van der Waals surface area contributed by atoms with Crippen LogP contribution in [-0.4, -0.2) is 22.2 Å². The first-order chi connectivity index (χ1) is 15.6. The van der Waals surface area contributed by atoms with Crippen molar-refractivity contribution in [3.05, 3.63) is 112 Å². The highest BCUT2D eigenvalue weighted by molar-refractivity contribution is 7.10. The lowest BCUT2D eigenvalue weighted by molar-refractivity contribution is -0.694. The predicted octanol–water partition coefficient (Wildman–Crippen LogP) is 4.06. The van der Waals surface area contributed by atoms with E-state index < -0.39 is 11.6 Å². The van der Waals surface area contributed by atoms with Gasteiger partial charge in [0, 0.05) is 18.9 Å². The minimum atomic E-state index is -1.79. The van der Waals surface area contributed by atoms with Crippen LogP contribution in [0.5, 0.6) is 0 Å². The van der Waals surface area contributed by atoms with Crippen molar-refractivity contribution in [2.75, 3.05) is 6.61 Å². The molecule has 0 radical (unpaired) electrons. The minimum Gasteiger partial charge on any atom is -0.463 e. The second kappa shape index (κ2) is 9.94. The largest absolute Gasteiger partial charge is 0.463 e. The zero-order chi connectivity index (χ0) is 22.4. The molecule has 2 aromatic heterocycles. The molecule has 1 N–H and O–H groups in total. The van der Waals surface area contributed by atoms with Crippen LogP contribution in [0.15, 0.2) is 90.6 Å². The molecule has 4 aromatic rings. The van der Waals surface area contributed by atoms with Crippen LogP contribution in [0.4, 0.5) is 0 Å². The van der Waals surface area contributed by atoms with Crippen LogP contribution < -0.4 is 4.57 Å². The molecule has 2 heterocycles. The molecule has 0 saturated carbocycles. The average Bonchev–Trinajstić information content (AvgIpc) is 3.49. The number of aliphatic hydroxyl groups is 1. The highest BCUT2D eigenvalue weighted by atomic mass is 32.1.